The first-order valence-electron chi connectivity index (χ1n) is 6.90. The van der Waals surface area contributed by atoms with Gasteiger partial charge in [-0.15, -0.1) is 0 Å². The van der Waals surface area contributed by atoms with E-state index in [2.05, 4.69) is 10.6 Å². The van der Waals surface area contributed by atoms with Crippen molar-refractivity contribution in [3.05, 3.63) is 64.1 Å². The number of nitrogens with zero attached hydrogens (tertiary/aromatic N) is 1. The maximum atomic E-state index is 12.3. The van der Waals surface area contributed by atoms with Crippen LogP contribution in [0.2, 0.25) is 0 Å². The molecule has 0 spiro atoms. The minimum atomic E-state index is -0.373. The van der Waals surface area contributed by atoms with Crippen molar-refractivity contribution in [3.8, 4) is 0 Å². The van der Waals surface area contributed by atoms with Crippen LogP contribution in [0.3, 0.4) is 0 Å². The summed E-state index contributed by atoms with van der Waals surface area (Å²) in [6, 6.07) is 11.0. The summed E-state index contributed by atoms with van der Waals surface area (Å²) in [5.74, 6) is 0. The van der Waals surface area contributed by atoms with Crippen molar-refractivity contribution in [1.29, 1.82) is 0 Å². The lowest BCUT2D eigenvalue weighted by Crippen LogP contribution is -2.32. The quantitative estimate of drug-likeness (QED) is 0.905. The van der Waals surface area contributed by atoms with Crippen LogP contribution in [-0.4, -0.2) is 17.1 Å². The molecule has 5 nitrogen and oxygen atoms in total. The molecule has 5 heteroatoms. The minimum absolute atomic E-state index is 0.218. The summed E-state index contributed by atoms with van der Waals surface area (Å²) in [7, 11) is 0. The van der Waals surface area contributed by atoms with E-state index in [-0.39, 0.29) is 17.3 Å². The molecule has 2 N–H and O–H groups in total. The minimum Gasteiger partial charge on any atom is -0.338 e. The number of hydrogen-bond acceptors (Lipinski definition) is 2. The molecule has 0 fully saturated rings. The highest BCUT2D eigenvalue weighted by Gasteiger charge is 2.06. The highest BCUT2D eigenvalue weighted by atomic mass is 16.2. The third-order valence-electron chi connectivity index (χ3n) is 3.08. The summed E-state index contributed by atoms with van der Waals surface area (Å²) in [6.45, 7) is 4.83. The maximum Gasteiger partial charge on any atom is 0.319 e. The van der Waals surface area contributed by atoms with Crippen LogP contribution < -0.4 is 16.2 Å². The van der Waals surface area contributed by atoms with Crippen LogP contribution in [0, 0.1) is 6.92 Å². The van der Waals surface area contributed by atoms with Crippen molar-refractivity contribution in [1.82, 2.24) is 9.88 Å². The Morgan fingerprint density at radius 2 is 1.90 bits per heavy atom. The zero-order chi connectivity index (χ0) is 15.2. The fraction of sp³-hybridized carbons (Fsp3) is 0.250. The summed E-state index contributed by atoms with van der Waals surface area (Å²) < 4.78 is 1.58. The first-order valence-corrected chi connectivity index (χ1v) is 6.90. The molecule has 1 heterocycles. The van der Waals surface area contributed by atoms with Crippen LogP contribution in [0.15, 0.2) is 47.4 Å². The summed E-state index contributed by atoms with van der Waals surface area (Å²) in [6.07, 6.45) is 1.71. The Hall–Kier alpha value is -2.56. The summed E-state index contributed by atoms with van der Waals surface area (Å²) in [5, 5.41) is 5.16. The fourth-order valence-electron chi connectivity index (χ4n) is 1.97. The van der Waals surface area contributed by atoms with Crippen LogP contribution in [0.1, 0.15) is 18.1 Å². The van der Waals surface area contributed by atoms with E-state index in [1.54, 1.807) is 22.9 Å². The lowest BCUT2D eigenvalue weighted by Gasteiger charge is -2.10. The van der Waals surface area contributed by atoms with Crippen LogP contribution in [0.25, 0.3) is 0 Å². The molecular weight excluding hydrogens is 266 g/mol. The number of carbonyl (C=O) groups excluding carboxylic acids is 1. The largest absolute Gasteiger partial charge is 0.338 e. The number of rotatable bonds is 4. The lowest BCUT2D eigenvalue weighted by atomic mass is 10.1. The van der Waals surface area contributed by atoms with Crippen LogP contribution >= 0.6 is 0 Å². The number of anilines is 1. The molecule has 2 aromatic rings. The van der Waals surface area contributed by atoms with Crippen molar-refractivity contribution in [2.45, 2.75) is 20.4 Å². The Bertz CT molecular complexity index is 675. The van der Waals surface area contributed by atoms with Gasteiger partial charge in [0.2, 0.25) is 0 Å². The van der Waals surface area contributed by atoms with Gasteiger partial charge in [-0.05, 0) is 31.5 Å². The lowest BCUT2D eigenvalue weighted by molar-refractivity contribution is 0.252. The second-order valence-corrected chi connectivity index (χ2v) is 4.82. The second kappa shape index (κ2) is 6.74. The van der Waals surface area contributed by atoms with E-state index >= 15 is 0 Å². The van der Waals surface area contributed by atoms with Crippen LogP contribution in [0.4, 0.5) is 10.5 Å². The fourth-order valence-corrected chi connectivity index (χ4v) is 1.97. The molecule has 2 amide bonds. The maximum absolute atomic E-state index is 12.3. The van der Waals surface area contributed by atoms with Gasteiger partial charge in [-0.25, -0.2) is 4.79 Å². The number of urea groups is 1. The second-order valence-electron chi connectivity index (χ2n) is 4.82. The van der Waals surface area contributed by atoms with E-state index in [0.717, 1.165) is 5.56 Å². The predicted octanol–water partition coefficient (Wildman–Crippen LogP) is 2.35. The highest BCUT2D eigenvalue weighted by molar-refractivity contribution is 5.88. The van der Waals surface area contributed by atoms with Gasteiger partial charge in [0.25, 0.3) is 5.56 Å². The van der Waals surface area contributed by atoms with Gasteiger partial charge in [0.05, 0.1) is 6.54 Å². The number of carbonyl (C=O) groups is 1. The zero-order valence-corrected chi connectivity index (χ0v) is 12.2. The van der Waals surface area contributed by atoms with E-state index in [0.29, 0.717) is 13.1 Å². The average molecular weight is 285 g/mol. The topological polar surface area (TPSA) is 63.1 Å². The number of aryl methyl sites for hydroxylation is 1. The normalized spacial score (nSPS) is 10.2. The first-order chi connectivity index (χ1) is 10.1. The van der Waals surface area contributed by atoms with Gasteiger partial charge in [-0.2, -0.15) is 0 Å². The van der Waals surface area contributed by atoms with Gasteiger partial charge in [0.15, 0.2) is 0 Å². The number of amides is 2. The number of hydrogen-bond donors (Lipinski definition) is 2. The molecule has 0 bridgehead atoms. The first kappa shape index (κ1) is 14.8. The van der Waals surface area contributed by atoms with Crippen molar-refractivity contribution >= 4 is 11.7 Å². The van der Waals surface area contributed by atoms with Gasteiger partial charge in [0, 0.05) is 12.7 Å². The predicted molar refractivity (Wildman–Crippen MR) is 83.7 cm³/mol. The van der Waals surface area contributed by atoms with Crippen LogP contribution in [0.5, 0.6) is 0 Å². The van der Waals surface area contributed by atoms with E-state index in [4.69, 9.17) is 0 Å². The third-order valence-corrected chi connectivity index (χ3v) is 3.08. The molecule has 0 aliphatic carbocycles. The molecule has 0 aliphatic heterocycles. The van der Waals surface area contributed by atoms with Gasteiger partial charge in [-0.3, -0.25) is 4.79 Å². The summed E-state index contributed by atoms with van der Waals surface area (Å²) in [4.78, 5) is 23.8. The van der Waals surface area contributed by atoms with Crippen molar-refractivity contribution in [2.75, 3.05) is 11.9 Å². The Labute approximate surface area is 123 Å². The van der Waals surface area contributed by atoms with Gasteiger partial charge >= 0.3 is 6.03 Å². The molecule has 21 heavy (non-hydrogen) atoms. The molecule has 0 unspecified atom stereocenters. The molecular formula is C16H19N3O2. The highest BCUT2D eigenvalue weighted by Crippen LogP contribution is 2.06. The SMILES string of the molecule is CCNC(=O)Nc1cccn(Cc2ccc(C)cc2)c1=O. The molecule has 1 aromatic carbocycles. The Morgan fingerprint density at radius 3 is 2.57 bits per heavy atom. The van der Waals surface area contributed by atoms with E-state index in [9.17, 15) is 9.59 Å². The molecule has 2 rings (SSSR count). The van der Waals surface area contributed by atoms with Crippen molar-refractivity contribution < 1.29 is 4.79 Å². The zero-order valence-electron chi connectivity index (χ0n) is 12.2. The third kappa shape index (κ3) is 3.95. The van der Waals surface area contributed by atoms with Gasteiger partial charge in [-0.1, -0.05) is 29.8 Å². The molecule has 0 atom stereocenters. The Kier molecular flexibility index (Phi) is 4.77. The smallest absolute Gasteiger partial charge is 0.319 e. The van der Waals surface area contributed by atoms with Gasteiger partial charge in [0.1, 0.15) is 5.69 Å². The summed E-state index contributed by atoms with van der Waals surface area (Å²) >= 11 is 0. The standard InChI is InChI=1S/C16H19N3O2/c1-3-17-16(21)18-14-5-4-10-19(15(14)20)11-13-8-6-12(2)7-9-13/h4-10H,3,11H2,1-2H3,(H2,17,18,21). The molecule has 0 saturated heterocycles. The van der Waals surface area contributed by atoms with E-state index < -0.39 is 0 Å². The molecule has 1 aromatic heterocycles. The number of nitrogens with one attached hydrogen (secondary N) is 2. The number of pyridine rings is 1. The number of benzene rings is 1. The summed E-state index contributed by atoms with van der Waals surface area (Å²) in [5.41, 5.74) is 2.27. The van der Waals surface area contributed by atoms with Gasteiger partial charge < -0.3 is 15.2 Å². The Balaban J connectivity index is 2.19. The van der Waals surface area contributed by atoms with E-state index in [1.807, 2.05) is 38.1 Å². The average Bonchev–Trinajstić information content (AvgIpc) is 2.46. The molecule has 0 radical (unpaired) electrons. The Morgan fingerprint density at radius 1 is 1.19 bits per heavy atom. The monoisotopic (exact) mass is 285 g/mol. The molecule has 0 aliphatic rings. The van der Waals surface area contributed by atoms with Crippen molar-refractivity contribution in [2.24, 2.45) is 0 Å². The van der Waals surface area contributed by atoms with E-state index in [1.165, 1.54) is 5.56 Å². The number of aromatic nitrogens is 1. The van der Waals surface area contributed by atoms with Crippen LogP contribution in [-0.2, 0) is 6.54 Å². The molecule has 0 saturated carbocycles. The molecule has 110 valence electrons. The van der Waals surface area contributed by atoms with Crippen molar-refractivity contribution in [3.63, 3.8) is 0 Å².